The van der Waals surface area contributed by atoms with Crippen molar-refractivity contribution in [3.05, 3.63) is 55.0 Å². The standard InChI is InChI=1S/C19H17N5O2/c1-4-12-9-13-7-8-23(16(13)21-10-12)14-5-6-15(20-11-14)24-17(25)19(2,3)22-18(24)26/h4-11H,1H2,2-3H3,(H,22,26). The predicted molar refractivity (Wildman–Crippen MR) is 99.1 cm³/mol. The smallest absolute Gasteiger partial charge is 0.323 e. The van der Waals surface area contributed by atoms with Gasteiger partial charge in [0.05, 0.1) is 11.9 Å². The van der Waals surface area contributed by atoms with E-state index in [1.165, 1.54) is 0 Å². The van der Waals surface area contributed by atoms with E-state index in [9.17, 15) is 9.59 Å². The average Bonchev–Trinajstić information content (AvgIpc) is 3.13. The second-order valence-corrected chi connectivity index (χ2v) is 6.64. The summed E-state index contributed by atoms with van der Waals surface area (Å²) in [5.41, 5.74) is 1.60. The molecule has 26 heavy (non-hydrogen) atoms. The molecule has 0 bridgehead atoms. The molecular formula is C19H17N5O2. The van der Waals surface area contributed by atoms with Crippen molar-refractivity contribution >= 4 is 34.9 Å². The second-order valence-electron chi connectivity index (χ2n) is 6.64. The Labute approximate surface area is 150 Å². The first-order valence-corrected chi connectivity index (χ1v) is 8.13. The van der Waals surface area contributed by atoms with Crippen LogP contribution in [-0.4, -0.2) is 32.0 Å². The molecule has 1 fully saturated rings. The quantitative estimate of drug-likeness (QED) is 0.739. The lowest BCUT2D eigenvalue weighted by molar-refractivity contribution is -0.121. The Morgan fingerprint density at radius 1 is 1.15 bits per heavy atom. The van der Waals surface area contributed by atoms with Crippen molar-refractivity contribution < 1.29 is 9.59 Å². The van der Waals surface area contributed by atoms with Crippen LogP contribution in [-0.2, 0) is 4.79 Å². The van der Waals surface area contributed by atoms with Crippen LogP contribution in [0, 0.1) is 0 Å². The molecule has 3 aromatic heterocycles. The summed E-state index contributed by atoms with van der Waals surface area (Å²) in [6.45, 7) is 7.08. The summed E-state index contributed by atoms with van der Waals surface area (Å²) in [7, 11) is 0. The largest absolute Gasteiger partial charge is 0.330 e. The molecule has 1 aliphatic heterocycles. The maximum Gasteiger partial charge on any atom is 0.330 e. The van der Waals surface area contributed by atoms with Gasteiger partial charge in [-0.1, -0.05) is 12.7 Å². The number of hydrogen-bond acceptors (Lipinski definition) is 4. The van der Waals surface area contributed by atoms with Gasteiger partial charge in [0.25, 0.3) is 5.91 Å². The first kappa shape index (κ1) is 16.0. The van der Waals surface area contributed by atoms with Crippen molar-refractivity contribution in [3.8, 4) is 5.69 Å². The molecule has 0 atom stereocenters. The third-order valence-electron chi connectivity index (χ3n) is 4.38. The number of hydrogen-bond donors (Lipinski definition) is 1. The monoisotopic (exact) mass is 347 g/mol. The van der Waals surface area contributed by atoms with Crippen LogP contribution in [0.2, 0.25) is 0 Å². The normalized spacial score (nSPS) is 16.2. The molecule has 0 aromatic carbocycles. The molecule has 0 saturated carbocycles. The van der Waals surface area contributed by atoms with Gasteiger partial charge in [-0.15, -0.1) is 0 Å². The van der Waals surface area contributed by atoms with Crippen LogP contribution in [0.25, 0.3) is 22.8 Å². The van der Waals surface area contributed by atoms with Gasteiger partial charge in [0.15, 0.2) is 0 Å². The number of carbonyl (C=O) groups is 2. The van der Waals surface area contributed by atoms with Crippen LogP contribution < -0.4 is 10.2 Å². The van der Waals surface area contributed by atoms with E-state index in [2.05, 4.69) is 21.9 Å². The Morgan fingerprint density at radius 2 is 1.96 bits per heavy atom. The molecule has 1 N–H and O–H groups in total. The lowest BCUT2D eigenvalue weighted by Gasteiger charge is -2.15. The van der Waals surface area contributed by atoms with Crippen molar-refractivity contribution in [2.45, 2.75) is 19.4 Å². The molecule has 130 valence electrons. The minimum absolute atomic E-state index is 0.292. The van der Waals surface area contributed by atoms with Gasteiger partial charge < -0.3 is 5.32 Å². The van der Waals surface area contributed by atoms with Crippen molar-refractivity contribution in [2.24, 2.45) is 0 Å². The van der Waals surface area contributed by atoms with E-state index in [-0.39, 0.29) is 5.91 Å². The number of pyridine rings is 2. The summed E-state index contributed by atoms with van der Waals surface area (Å²) in [6.07, 6.45) is 7.02. The third-order valence-corrected chi connectivity index (χ3v) is 4.38. The molecule has 4 heterocycles. The summed E-state index contributed by atoms with van der Waals surface area (Å²) in [5, 5.41) is 3.63. The number of aromatic nitrogens is 3. The predicted octanol–water partition coefficient (Wildman–Crippen LogP) is 2.90. The number of anilines is 1. The Balaban J connectivity index is 1.70. The minimum atomic E-state index is -0.930. The zero-order valence-corrected chi connectivity index (χ0v) is 14.4. The maximum absolute atomic E-state index is 12.4. The molecule has 0 unspecified atom stereocenters. The molecule has 7 nitrogen and oxygen atoms in total. The average molecular weight is 347 g/mol. The summed E-state index contributed by atoms with van der Waals surface area (Å²) >= 11 is 0. The van der Waals surface area contributed by atoms with Crippen LogP contribution in [0.4, 0.5) is 10.6 Å². The van der Waals surface area contributed by atoms with E-state index in [4.69, 9.17) is 0 Å². The fraction of sp³-hybridized carbons (Fsp3) is 0.158. The first-order valence-electron chi connectivity index (χ1n) is 8.13. The summed E-state index contributed by atoms with van der Waals surface area (Å²) < 4.78 is 1.90. The van der Waals surface area contributed by atoms with Gasteiger partial charge in [-0.25, -0.2) is 19.7 Å². The number of carbonyl (C=O) groups excluding carboxylic acids is 2. The number of nitrogens with one attached hydrogen (secondary N) is 1. The number of urea groups is 1. The van der Waals surface area contributed by atoms with Crippen LogP contribution in [0.1, 0.15) is 19.4 Å². The van der Waals surface area contributed by atoms with Crippen LogP contribution in [0.5, 0.6) is 0 Å². The van der Waals surface area contributed by atoms with Gasteiger partial charge in [0.1, 0.15) is 17.0 Å². The fourth-order valence-electron chi connectivity index (χ4n) is 2.97. The molecule has 0 radical (unpaired) electrons. The lowest BCUT2D eigenvalue weighted by atomic mass is 10.1. The van der Waals surface area contributed by atoms with Gasteiger partial charge in [0, 0.05) is 17.8 Å². The van der Waals surface area contributed by atoms with Crippen LogP contribution >= 0.6 is 0 Å². The Bertz CT molecular complexity index is 1050. The highest BCUT2D eigenvalue weighted by Gasteiger charge is 2.45. The van der Waals surface area contributed by atoms with E-state index in [0.29, 0.717) is 5.82 Å². The topological polar surface area (TPSA) is 80.1 Å². The molecule has 3 aromatic rings. The third kappa shape index (κ3) is 2.36. The number of amides is 3. The molecule has 1 aliphatic rings. The summed E-state index contributed by atoms with van der Waals surface area (Å²) in [4.78, 5) is 34.3. The van der Waals surface area contributed by atoms with Gasteiger partial charge >= 0.3 is 6.03 Å². The van der Waals surface area contributed by atoms with E-state index in [1.54, 1.807) is 44.4 Å². The molecule has 3 amide bonds. The van der Waals surface area contributed by atoms with E-state index >= 15 is 0 Å². The fourth-order valence-corrected chi connectivity index (χ4v) is 2.97. The Morgan fingerprint density at radius 3 is 2.58 bits per heavy atom. The SMILES string of the molecule is C=Cc1cnc2c(ccn2-c2ccc(N3C(=O)NC(C)(C)C3=O)nc2)c1. The van der Waals surface area contributed by atoms with Gasteiger partial charge in [-0.3, -0.25) is 9.36 Å². The van der Waals surface area contributed by atoms with Crippen LogP contribution in [0.15, 0.2) is 49.4 Å². The summed E-state index contributed by atoms with van der Waals surface area (Å²) in [5.74, 6) is -0.0343. The first-order chi connectivity index (χ1) is 12.4. The summed E-state index contributed by atoms with van der Waals surface area (Å²) in [6, 6.07) is 6.95. The lowest BCUT2D eigenvalue weighted by Crippen LogP contribution is -2.40. The maximum atomic E-state index is 12.4. The molecule has 4 rings (SSSR count). The molecule has 0 spiro atoms. The van der Waals surface area contributed by atoms with Crippen LogP contribution in [0.3, 0.4) is 0 Å². The van der Waals surface area contributed by atoms with Gasteiger partial charge in [-0.2, -0.15) is 0 Å². The van der Waals surface area contributed by atoms with Crippen molar-refractivity contribution in [2.75, 3.05) is 4.90 Å². The highest BCUT2D eigenvalue weighted by molar-refractivity contribution is 6.22. The molecule has 0 aliphatic carbocycles. The molecule has 1 saturated heterocycles. The highest BCUT2D eigenvalue weighted by atomic mass is 16.2. The number of fused-ring (bicyclic) bond motifs is 1. The number of nitrogens with zero attached hydrogens (tertiary/aromatic N) is 4. The zero-order valence-electron chi connectivity index (χ0n) is 14.4. The van der Waals surface area contributed by atoms with Crippen molar-refractivity contribution in [1.29, 1.82) is 0 Å². The molecular weight excluding hydrogens is 330 g/mol. The van der Waals surface area contributed by atoms with E-state index in [0.717, 1.165) is 27.2 Å². The van der Waals surface area contributed by atoms with Crippen molar-refractivity contribution in [1.82, 2.24) is 19.9 Å². The second kappa shape index (κ2) is 5.52. The Kier molecular flexibility index (Phi) is 3.40. The minimum Gasteiger partial charge on any atom is -0.323 e. The van der Waals surface area contributed by atoms with E-state index in [1.807, 2.05) is 22.9 Å². The number of rotatable bonds is 3. The molecule has 7 heteroatoms. The zero-order chi connectivity index (χ0) is 18.5. The van der Waals surface area contributed by atoms with Crippen molar-refractivity contribution in [3.63, 3.8) is 0 Å². The van der Waals surface area contributed by atoms with Gasteiger partial charge in [-0.05, 0) is 43.7 Å². The van der Waals surface area contributed by atoms with Gasteiger partial charge in [0.2, 0.25) is 0 Å². The highest BCUT2D eigenvalue weighted by Crippen LogP contribution is 2.25. The number of imide groups is 1. The Hall–Kier alpha value is -3.48. The van der Waals surface area contributed by atoms with E-state index < -0.39 is 11.6 Å².